The summed E-state index contributed by atoms with van der Waals surface area (Å²) >= 11 is 0. The minimum atomic E-state index is -1.07. The molecule has 19 heavy (non-hydrogen) atoms. The topological polar surface area (TPSA) is 79.7 Å². The van der Waals surface area contributed by atoms with Crippen LogP contribution >= 0.6 is 0 Å². The van der Waals surface area contributed by atoms with Crippen LogP contribution in [0.3, 0.4) is 0 Å². The van der Waals surface area contributed by atoms with Gasteiger partial charge in [0.2, 0.25) is 11.8 Å². The van der Waals surface area contributed by atoms with E-state index in [1.54, 1.807) is 12.1 Å². The standard InChI is InChI=1S/C13H18N2O4/c1-4-7-15(9(2)16)12(13(17)18)10-5-6-11(19-3)14-8-10/h5-6,8,12H,4,7H2,1-3H3,(H,17,18). The highest BCUT2D eigenvalue weighted by Gasteiger charge is 2.29. The van der Waals surface area contributed by atoms with Gasteiger partial charge in [-0.15, -0.1) is 0 Å². The Kier molecular flexibility index (Phi) is 5.29. The third kappa shape index (κ3) is 3.67. The minimum absolute atomic E-state index is 0.273. The normalized spacial score (nSPS) is 11.7. The summed E-state index contributed by atoms with van der Waals surface area (Å²) in [5.41, 5.74) is 0.456. The van der Waals surface area contributed by atoms with E-state index in [4.69, 9.17) is 4.74 Å². The van der Waals surface area contributed by atoms with E-state index in [-0.39, 0.29) is 5.91 Å². The fourth-order valence-electron chi connectivity index (χ4n) is 1.84. The fraction of sp³-hybridized carbons (Fsp3) is 0.462. The van der Waals surface area contributed by atoms with Gasteiger partial charge in [-0.3, -0.25) is 4.79 Å². The Morgan fingerprint density at radius 2 is 2.16 bits per heavy atom. The van der Waals surface area contributed by atoms with Gasteiger partial charge in [-0.05, 0) is 12.5 Å². The van der Waals surface area contributed by atoms with Crippen molar-refractivity contribution in [2.45, 2.75) is 26.3 Å². The third-order valence-electron chi connectivity index (χ3n) is 2.70. The summed E-state index contributed by atoms with van der Waals surface area (Å²) in [6.45, 7) is 3.64. The number of carboxylic acids is 1. The van der Waals surface area contributed by atoms with Crippen LogP contribution in [0, 0.1) is 0 Å². The predicted octanol–water partition coefficient (Wildman–Crippen LogP) is 1.47. The molecule has 0 aromatic carbocycles. The SMILES string of the molecule is CCCN(C(C)=O)C(C(=O)O)c1ccc(OC)nc1. The van der Waals surface area contributed by atoms with Crippen molar-refractivity contribution in [3.8, 4) is 5.88 Å². The number of amides is 1. The second kappa shape index (κ2) is 6.72. The summed E-state index contributed by atoms with van der Waals surface area (Å²) in [7, 11) is 1.48. The molecule has 1 atom stereocenters. The van der Waals surface area contributed by atoms with Crippen LogP contribution in [0.1, 0.15) is 31.9 Å². The van der Waals surface area contributed by atoms with Gasteiger partial charge >= 0.3 is 5.97 Å². The lowest BCUT2D eigenvalue weighted by Gasteiger charge is -2.27. The van der Waals surface area contributed by atoms with Crippen molar-refractivity contribution < 1.29 is 19.4 Å². The van der Waals surface area contributed by atoms with Gasteiger partial charge < -0.3 is 14.7 Å². The van der Waals surface area contributed by atoms with Crippen LogP contribution in [0.25, 0.3) is 0 Å². The highest BCUT2D eigenvalue weighted by Crippen LogP contribution is 2.22. The molecule has 0 aliphatic carbocycles. The summed E-state index contributed by atoms with van der Waals surface area (Å²) < 4.78 is 4.93. The molecule has 0 aliphatic rings. The van der Waals surface area contributed by atoms with E-state index < -0.39 is 12.0 Å². The number of carbonyl (C=O) groups excluding carboxylic acids is 1. The van der Waals surface area contributed by atoms with Crippen LogP contribution in [0.15, 0.2) is 18.3 Å². The zero-order chi connectivity index (χ0) is 14.4. The Hall–Kier alpha value is -2.11. The van der Waals surface area contributed by atoms with Gasteiger partial charge in [0, 0.05) is 31.3 Å². The first-order valence-electron chi connectivity index (χ1n) is 6.01. The Balaban J connectivity index is 3.10. The molecule has 0 aliphatic heterocycles. The molecule has 104 valence electrons. The molecular formula is C13H18N2O4. The second-order valence-electron chi connectivity index (χ2n) is 4.09. The molecule has 0 bridgehead atoms. The third-order valence-corrected chi connectivity index (χ3v) is 2.70. The van der Waals surface area contributed by atoms with Gasteiger partial charge in [-0.25, -0.2) is 9.78 Å². The van der Waals surface area contributed by atoms with Crippen LogP contribution in [-0.2, 0) is 9.59 Å². The van der Waals surface area contributed by atoms with Gasteiger partial charge in [0.05, 0.1) is 7.11 Å². The van der Waals surface area contributed by atoms with E-state index in [0.717, 1.165) is 0 Å². The maximum atomic E-state index is 11.6. The zero-order valence-electron chi connectivity index (χ0n) is 11.3. The highest BCUT2D eigenvalue weighted by molar-refractivity contribution is 5.83. The first kappa shape index (κ1) is 14.9. The number of aromatic nitrogens is 1. The number of ether oxygens (including phenoxy) is 1. The average Bonchev–Trinajstić information content (AvgIpc) is 2.38. The van der Waals surface area contributed by atoms with Crippen molar-refractivity contribution in [2.24, 2.45) is 0 Å². The van der Waals surface area contributed by atoms with Crippen molar-refractivity contribution in [1.29, 1.82) is 0 Å². The lowest BCUT2D eigenvalue weighted by atomic mass is 10.1. The lowest BCUT2D eigenvalue weighted by Crippen LogP contribution is -2.38. The molecule has 6 heteroatoms. The van der Waals surface area contributed by atoms with E-state index in [0.29, 0.717) is 24.4 Å². The van der Waals surface area contributed by atoms with Gasteiger partial charge in [-0.1, -0.05) is 6.92 Å². The predicted molar refractivity (Wildman–Crippen MR) is 68.8 cm³/mol. The molecule has 1 heterocycles. The number of nitrogens with zero attached hydrogens (tertiary/aromatic N) is 2. The van der Waals surface area contributed by atoms with Gasteiger partial charge in [0.25, 0.3) is 0 Å². The Labute approximate surface area is 112 Å². The van der Waals surface area contributed by atoms with E-state index in [9.17, 15) is 14.7 Å². The zero-order valence-corrected chi connectivity index (χ0v) is 11.3. The molecule has 0 fully saturated rings. The maximum absolute atomic E-state index is 11.6. The first-order chi connectivity index (χ1) is 9.01. The smallest absolute Gasteiger partial charge is 0.331 e. The molecular weight excluding hydrogens is 248 g/mol. The van der Waals surface area contributed by atoms with Crippen molar-refractivity contribution in [1.82, 2.24) is 9.88 Å². The van der Waals surface area contributed by atoms with Crippen molar-refractivity contribution in [3.05, 3.63) is 23.9 Å². The summed E-state index contributed by atoms with van der Waals surface area (Å²) in [5, 5.41) is 9.35. The number of hydrogen-bond donors (Lipinski definition) is 1. The van der Waals surface area contributed by atoms with Crippen LogP contribution < -0.4 is 4.74 Å². The summed E-state index contributed by atoms with van der Waals surface area (Å²) in [5.74, 6) is -0.946. The minimum Gasteiger partial charge on any atom is -0.481 e. The van der Waals surface area contributed by atoms with Crippen molar-refractivity contribution in [3.63, 3.8) is 0 Å². The molecule has 1 unspecified atom stereocenters. The molecule has 0 radical (unpaired) electrons. The van der Waals surface area contributed by atoms with Gasteiger partial charge in [0.15, 0.2) is 6.04 Å². The van der Waals surface area contributed by atoms with E-state index >= 15 is 0 Å². The quantitative estimate of drug-likeness (QED) is 0.843. The number of carboxylic acid groups (broad SMARTS) is 1. The van der Waals surface area contributed by atoms with Crippen molar-refractivity contribution in [2.75, 3.05) is 13.7 Å². The Morgan fingerprint density at radius 3 is 2.53 bits per heavy atom. The van der Waals surface area contributed by atoms with E-state index in [1.165, 1.54) is 25.1 Å². The first-order valence-corrected chi connectivity index (χ1v) is 6.01. The molecule has 1 rings (SSSR count). The maximum Gasteiger partial charge on any atom is 0.331 e. The number of hydrogen-bond acceptors (Lipinski definition) is 4. The fourth-order valence-corrected chi connectivity index (χ4v) is 1.84. The molecule has 1 aromatic rings. The Bertz CT molecular complexity index is 444. The van der Waals surface area contributed by atoms with E-state index in [2.05, 4.69) is 4.98 Å². The molecule has 1 amide bonds. The number of aliphatic carboxylic acids is 1. The molecule has 0 saturated heterocycles. The van der Waals surface area contributed by atoms with Gasteiger partial charge in [-0.2, -0.15) is 0 Å². The number of rotatable bonds is 6. The summed E-state index contributed by atoms with van der Waals surface area (Å²) in [6.07, 6.45) is 2.11. The van der Waals surface area contributed by atoms with Crippen molar-refractivity contribution >= 4 is 11.9 Å². The van der Waals surface area contributed by atoms with Crippen LogP contribution in [0.4, 0.5) is 0 Å². The number of pyridine rings is 1. The average molecular weight is 266 g/mol. The second-order valence-corrected chi connectivity index (χ2v) is 4.09. The largest absolute Gasteiger partial charge is 0.481 e. The summed E-state index contributed by atoms with van der Waals surface area (Å²) in [4.78, 5) is 28.3. The van der Waals surface area contributed by atoms with Crippen LogP contribution in [0.2, 0.25) is 0 Å². The number of carbonyl (C=O) groups is 2. The molecule has 0 spiro atoms. The number of methoxy groups -OCH3 is 1. The molecule has 0 saturated carbocycles. The lowest BCUT2D eigenvalue weighted by molar-refractivity contribution is -0.149. The molecule has 1 N–H and O–H groups in total. The summed E-state index contributed by atoms with van der Waals surface area (Å²) in [6, 6.07) is 2.17. The molecule has 6 nitrogen and oxygen atoms in total. The van der Waals surface area contributed by atoms with Crippen LogP contribution in [-0.4, -0.2) is 40.5 Å². The van der Waals surface area contributed by atoms with E-state index in [1.807, 2.05) is 6.92 Å². The Morgan fingerprint density at radius 1 is 1.47 bits per heavy atom. The van der Waals surface area contributed by atoms with Crippen LogP contribution in [0.5, 0.6) is 5.88 Å². The highest BCUT2D eigenvalue weighted by atomic mass is 16.5. The monoisotopic (exact) mass is 266 g/mol. The van der Waals surface area contributed by atoms with Gasteiger partial charge in [0.1, 0.15) is 0 Å². The molecule has 1 aromatic heterocycles.